The minimum atomic E-state index is 0.734. The van der Waals surface area contributed by atoms with Gasteiger partial charge in [0.05, 0.1) is 0 Å². The lowest BCUT2D eigenvalue weighted by Gasteiger charge is -2.27. The van der Waals surface area contributed by atoms with Crippen LogP contribution in [0.25, 0.3) is 11.2 Å². The molecule has 0 radical (unpaired) electrons. The number of anilines is 1. The number of pyridine rings is 1. The van der Waals surface area contributed by atoms with Crippen LogP contribution in [0.4, 0.5) is 5.82 Å². The second kappa shape index (κ2) is 4.25. The van der Waals surface area contributed by atoms with Gasteiger partial charge >= 0.3 is 0 Å². The molecular formula is C11H12N4S. The first-order chi connectivity index (χ1) is 7.93. The molecule has 1 fully saturated rings. The van der Waals surface area contributed by atoms with Gasteiger partial charge in [0.2, 0.25) is 0 Å². The van der Waals surface area contributed by atoms with Crippen LogP contribution >= 0.6 is 11.8 Å². The normalized spacial score (nSPS) is 16.6. The average molecular weight is 232 g/mol. The van der Waals surface area contributed by atoms with E-state index in [0.29, 0.717) is 0 Å². The zero-order valence-corrected chi connectivity index (χ0v) is 9.65. The Morgan fingerprint density at radius 1 is 1.06 bits per heavy atom. The molecule has 1 saturated heterocycles. The van der Waals surface area contributed by atoms with E-state index in [0.717, 1.165) is 30.1 Å². The summed E-state index contributed by atoms with van der Waals surface area (Å²) in [4.78, 5) is 15.3. The third-order valence-electron chi connectivity index (χ3n) is 2.65. The van der Waals surface area contributed by atoms with E-state index in [9.17, 15) is 0 Å². The van der Waals surface area contributed by atoms with Gasteiger partial charge in [0.1, 0.15) is 11.3 Å². The highest BCUT2D eigenvalue weighted by atomic mass is 32.2. The van der Waals surface area contributed by atoms with E-state index in [4.69, 9.17) is 0 Å². The average Bonchev–Trinajstić information content (AvgIpc) is 2.39. The SMILES string of the molecule is c1cnc2nc(N3CCSCC3)ccc2n1. The number of hydrogen-bond donors (Lipinski definition) is 0. The summed E-state index contributed by atoms with van der Waals surface area (Å²) in [7, 11) is 0. The van der Waals surface area contributed by atoms with E-state index in [1.807, 2.05) is 23.9 Å². The van der Waals surface area contributed by atoms with Gasteiger partial charge in [-0.05, 0) is 12.1 Å². The zero-order chi connectivity index (χ0) is 10.8. The monoisotopic (exact) mass is 232 g/mol. The lowest BCUT2D eigenvalue weighted by Crippen LogP contribution is -2.33. The molecule has 0 bridgehead atoms. The molecular weight excluding hydrogens is 220 g/mol. The fraction of sp³-hybridized carbons (Fsp3) is 0.364. The van der Waals surface area contributed by atoms with Crippen LogP contribution in [0.3, 0.4) is 0 Å². The van der Waals surface area contributed by atoms with Crippen LogP contribution in [0.15, 0.2) is 24.5 Å². The predicted molar refractivity (Wildman–Crippen MR) is 66.9 cm³/mol. The Bertz CT molecular complexity index is 496. The molecule has 0 spiro atoms. The molecule has 2 aromatic heterocycles. The summed E-state index contributed by atoms with van der Waals surface area (Å²) in [5.41, 5.74) is 1.59. The van der Waals surface area contributed by atoms with Crippen LogP contribution in [-0.2, 0) is 0 Å². The van der Waals surface area contributed by atoms with E-state index in [1.54, 1.807) is 12.4 Å². The van der Waals surface area contributed by atoms with Crippen molar-refractivity contribution in [1.82, 2.24) is 15.0 Å². The molecule has 0 saturated carbocycles. The second-order valence-corrected chi connectivity index (χ2v) is 4.89. The van der Waals surface area contributed by atoms with Gasteiger partial charge in [0.25, 0.3) is 0 Å². The molecule has 5 heteroatoms. The summed E-state index contributed by atoms with van der Waals surface area (Å²) in [6.45, 7) is 2.15. The molecule has 1 aliphatic rings. The Morgan fingerprint density at radius 2 is 1.88 bits per heavy atom. The summed E-state index contributed by atoms with van der Waals surface area (Å²) < 4.78 is 0. The number of hydrogen-bond acceptors (Lipinski definition) is 5. The first-order valence-corrected chi connectivity index (χ1v) is 6.49. The van der Waals surface area contributed by atoms with Crippen LogP contribution in [-0.4, -0.2) is 39.5 Å². The highest BCUT2D eigenvalue weighted by Gasteiger charge is 2.12. The third kappa shape index (κ3) is 1.82. The quantitative estimate of drug-likeness (QED) is 0.746. The van der Waals surface area contributed by atoms with Gasteiger partial charge in [-0.25, -0.2) is 9.97 Å². The van der Waals surface area contributed by atoms with Crippen molar-refractivity contribution in [2.45, 2.75) is 0 Å². The Balaban J connectivity index is 1.97. The van der Waals surface area contributed by atoms with E-state index in [2.05, 4.69) is 19.9 Å². The second-order valence-electron chi connectivity index (χ2n) is 3.67. The zero-order valence-electron chi connectivity index (χ0n) is 8.83. The maximum atomic E-state index is 4.54. The van der Waals surface area contributed by atoms with Gasteiger partial charge in [0.15, 0.2) is 5.65 Å². The van der Waals surface area contributed by atoms with Crippen LogP contribution in [0.1, 0.15) is 0 Å². The van der Waals surface area contributed by atoms with Gasteiger partial charge in [-0.2, -0.15) is 11.8 Å². The van der Waals surface area contributed by atoms with E-state index < -0.39 is 0 Å². The molecule has 3 rings (SSSR count). The van der Waals surface area contributed by atoms with Gasteiger partial charge in [-0.3, -0.25) is 4.98 Å². The van der Waals surface area contributed by atoms with Gasteiger partial charge in [0, 0.05) is 37.0 Å². The van der Waals surface area contributed by atoms with Crippen molar-refractivity contribution in [3.8, 4) is 0 Å². The number of aromatic nitrogens is 3. The highest BCUT2D eigenvalue weighted by molar-refractivity contribution is 7.99. The first kappa shape index (κ1) is 9.84. The number of rotatable bonds is 1. The number of fused-ring (bicyclic) bond motifs is 1. The van der Waals surface area contributed by atoms with Crippen molar-refractivity contribution in [1.29, 1.82) is 0 Å². The van der Waals surface area contributed by atoms with Crippen molar-refractivity contribution in [2.75, 3.05) is 29.5 Å². The van der Waals surface area contributed by atoms with Crippen molar-refractivity contribution in [3.05, 3.63) is 24.5 Å². The van der Waals surface area contributed by atoms with Crippen molar-refractivity contribution < 1.29 is 0 Å². The molecule has 0 aromatic carbocycles. The van der Waals surface area contributed by atoms with Gasteiger partial charge in [-0.15, -0.1) is 0 Å². The van der Waals surface area contributed by atoms with Crippen molar-refractivity contribution >= 4 is 28.7 Å². The molecule has 0 unspecified atom stereocenters. The van der Waals surface area contributed by atoms with Crippen LogP contribution in [0.2, 0.25) is 0 Å². The van der Waals surface area contributed by atoms with Crippen LogP contribution in [0.5, 0.6) is 0 Å². The largest absolute Gasteiger partial charge is 0.355 e. The van der Waals surface area contributed by atoms with E-state index in [-0.39, 0.29) is 0 Å². The molecule has 2 aromatic rings. The Kier molecular flexibility index (Phi) is 2.61. The molecule has 3 heterocycles. The van der Waals surface area contributed by atoms with Crippen LogP contribution < -0.4 is 4.90 Å². The lowest BCUT2D eigenvalue weighted by molar-refractivity contribution is 0.841. The molecule has 0 N–H and O–H groups in total. The summed E-state index contributed by atoms with van der Waals surface area (Å²) in [5.74, 6) is 3.38. The maximum absolute atomic E-state index is 4.54. The molecule has 4 nitrogen and oxygen atoms in total. The summed E-state index contributed by atoms with van der Waals surface area (Å²) in [6, 6.07) is 4.03. The van der Waals surface area contributed by atoms with Gasteiger partial charge < -0.3 is 4.90 Å². The molecule has 0 atom stereocenters. The maximum Gasteiger partial charge on any atom is 0.180 e. The minimum Gasteiger partial charge on any atom is -0.355 e. The fourth-order valence-electron chi connectivity index (χ4n) is 1.81. The Hall–Kier alpha value is -1.36. The van der Waals surface area contributed by atoms with Crippen molar-refractivity contribution in [2.24, 2.45) is 0 Å². The lowest BCUT2D eigenvalue weighted by atomic mass is 10.3. The standard InChI is InChI=1S/C11H12N4S/c1-2-10(15-5-7-16-8-6-15)14-11-9(1)12-3-4-13-11/h1-4H,5-8H2. The van der Waals surface area contributed by atoms with Crippen molar-refractivity contribution in [3.63, 3.8) is 0 Å². The summed E-state index contributed by atoms with van der Waals surface area (Å²) in [6.07, 6.45) is 3.38. The summed E-state index contributed by atoms with van der Waals surface area (Å²) >= 11 is 2.00. The molecule has 16 heavy (non-hydrogen) atoms. The predicted octanol–water partition coefficient (Wildman–Crippen LogP) is 1.58. The number of nitrogens with zero attached hydrogens (tertiary/aromatic N) is 4. The highest BCUT2D eigenvalue weighted by Crippen LogP contribution is 2.18. The first-order valence-electron chi connectivity index (χ1n) is 5.34. The van der Waals surface area contributed by atoms with E-state index in [1.165, 1.54) is 11.5 Å². The molecule has 82 valence electrons. The summed E-state index contributed by atoms with van der Waals surface area (Å²) in [5, 5.41) is 0. The molecule has 1 aliphatic heterocycles. The molecule has 0 amide bonds. The fourth-order valence-corrected chi connectivity index (χ4v) is 2.72. The Labute approximate surface area is 98.1 Å². The number of thioether (sulfide) groups is 1. The molecule has 0 aliphatic carbocycles. The third-order valence-corrected chi connectivity index (χ3v) is 3.59. The van der Waals surface area contributed by atoms with Gasteiger partial charge in [-0.1, -0.05) is 0 Å². The topological polar surface area (TPSA) is 41.9 Å². The Morgan fingerprint density at radius 3 is 2.75 bits per heavy atom. The minimum absolute atomic E-state index is 0.734. The smallest absolute Gasteiger partial charge is 0.180 e. The van der Waals surface area contributed by atoms with E-state index >= 15 is 0 Å². The van der Waals surface area contributed by atoms with Crippen LogP contribution in [0, 0.1) is 0 Å².